The molecule has 2 aliphatic rings. The molecule has 6 nitrogen and oxygen atoms in total. The van der Waals surface area contributed by atoms with Crippen LogP contribution in [0.2, 0.25) is 0 Å². The van der Waals surface area contributed by atoms with Gasteiger partial charge in [0, 0.05) is 69.7 Å². The maximum atomic E-state index is 12.7. The molecule has 138 valence electrons. The van der Waals surface area contributed by atoms with E-state index in [4.69, 9.17) is 0 Å². The Bertz CT molecular complexity index is 764. The maximum Gasteiger partial charge on any atom is 0.223 e. The number of pyridine rings is 1. The number of likely N-dealkylation sites (tertiary alicyclic amines) is 2. The standard InChI is InChI=1S/C20H27N5O/c1-3-25-19(26)12-18(17-4-8-21-9-5-17)20(25)6-10-24(11-7-20)15-16-13-22-23(2)14-16/h4-5,8-9,13-14,18H,3,6-7,10-12,15H2,1-2H3. The summed E-state index contributed by atoms with van der Waals surface area (Å²) in [6, 6.07) is 4.17. The van der Waals surface area contributed by atoms with Crippen LogP contribution >= 0.6 is 0 Å². The third-order valence-corrected chi connectivity index (χ3v) is 6.18. The van der Waals surface area contributed by atoms with Gasteiger partial charge in [-0.25, -0.2) is 0 Å². The third-order valence-electron chi connectivity index (χ3n) is 6.18. The molecule has 4 heterocycles. The molecule has 2 aromatic heterocycles. The fourth-order valence-electron chi connectivity index (χ4n) is 4.95. The summed E-state index contributed by atoms with van der Waals surface area (Å²) in [4.78, 5) is 21.5. The van der Waals surface area contributed by atoms with Crippen LogP contribution in [0.4, 0.5) is 0 Å². The zero-order valence-corrected chi connectivity index (χ0v) is 15.6. The monoisotopic (exact) mass is 353 g/mol. The minimum Gasteiger partial charge on any atom is -0.337 e. The van der Waals surface area contributed by atoms with Gasteiger partial charge in [-0.05, 0) is 37.5 Å². The first-order chi connectivity index (χ1) is 12.6. The predicted molar refractivity (Wildman–Crippen MR) is 99.4 cm³/mol. The van der Waals surface area contributed by atoms with Crippen molar-refractivity contribution in [2.75, 3.05) is 19.6 Å². The molecule has 0 saturated carbocycles. The van der Waals surface area contributed by atoms with Crippen molar-refractivity contribution in [3.63, 3.8) is 0 Å². The molecule has 0 radical (unpaired) electrons. The van der Waals surface area contributed by atoms with Crippen LogP contribution in [0.1, 0.15) is 43.2 Å². The second-order valence-electron chi connectivity index (χ2n) is 7.58. The molecule has 0 aliphatic carbocycles. The van der Waals surface area contributed by atoms with E-state index in [1.54, 1.807) is 0 Å². The SMILES string of the molecule is CCN1C(=O)CC(c2ccncc2)C12CCN(Cc1cnn(C)c1)CC2. The van der Waals surface area contributed by atoms with Gasteiger partial charge in [-0.1, -0.05) is 0 Å². The van der Waals surface area contributed by atoms with Gasteiger partial charge in [0.05, 0.1) is 11.7 Å². The number of likely N-dealkylation sites (N-methyl/N-ethyl adjacent to an activating group) is 1. The second kappa shape index (κ2) is 6.83. The third kappa shape index (κ3) is 2.92. The van der Waals surface area contributed by atoms with E-state index < -0.39 is 0 Å². The highest BCUT2D eigenvalue weighted by molar-refractivity contribution is 5.81. The minimum absolute atomic E-state index is 0.0430. The van der Waals surface area contributed by atoms with Crippen LogP contribution < -0.4 is 0 Å². The number of amides is 1. The molecule has 6 heteroatoms. The summed E-state index contributed by atoms with van der Waals surface area (Å²) in [5.41, 5.74) is 2.47. The molecular formula is C20H27N5O. The molecular weight excluding hydrogens is 326 g/mol. The highest BCUT2D eigenvalue weighted by Crippen LogP contribution is 2.48. The fraction of sp³-hybridized carbons (Fsp3) is 0.550. The summed E-state index contributed by atoms with van der Waals surface area (Å²) in [7, 11) is 1.96. The largest absolute Gasteiger partial charge is 0.337 e. The minimum atomic E-state index is -0.0430. The first-order valence-corrected chi connectivity index (χ1v) is 9.52. The van der Waals surface area contributed by atoms with Crippen molar-refractivity contribution in [2.45, 2.75) is 44.2 Å². The maximum absolute atomic E-state index is 12.7. The van der Waals surface area contributed by atoms with Crippen LogP contribution in [0, 0.1) is 0 Å². The molecule has 4 rings (SSSR count). The Hall–Kier alpha value is -2.21. The Morgan fingerprint density at radius 2 is 1.96 bits per heavy atom. The molecule has 1 atom stereocenters. The van der Waals surface area contributed by atoms with Gasteiger partial charge in [-0.2, -0.15) is 5.10 Å². The number of carbonyl (C=O) groups is 1. The Balaban J connectivity index is 1.54. The van der Waals surface area contributed by atoms with Crippen molar-refractivity contribution < 1.29 is 4.79 Å². The van der Waals surface area contributed by atoms with Gasteiger partial charge in [0.1, 0.15) is 0 Å². The Morgan fingerprint density at radius 1 is 1.23 bits per heavy atom. The quantitative estimate of drug-likeness (QED) is 0.845. The van der Waals surface area contributed by atoms with E-state index in [0.29, 0.717) is 12.3 Å². The molecule has 0 N–H and O–H groups in total. The van der Waals surface area contributed by atoms with Crippen molar-refractivity contribution in [3.05, 3.63) is 48.0 Å². The average Bonchev–Trinajstić information content (AvgIpc) is 3.18. The van der Waals surface area contributed by atoms with Crippen LogP contribution in [0.25, 0.3) is 0 Å². The van der Waals surface area contributed by atoms with Crippen molar-refractivity contribution in [1.29, 1.82) is 0 Å². The Labute approximate surface area is 154 Å². The second-order valence-corrected chi connectivity index (χ2v) is 7.58. The van der Waals surface area contributed by atoms with Crippen molar-refractivity contribution in [2.24, 2.45) is 7.05 Å². The van der Waals surface area contributed by atoms with Gasteiger partial charge in [0.2, 0.25) is 5.91 Å². The number of aromatic nitrogens is 3. The van der Waals surface area contributed by atoms with E-state index in [1.807, 2.05) is 30.3 Å². The summed E-state index contributed by atoms with van der Waals surface area (Å²) < 4.78 is 1.86. The lowest BCUT2D eigenvalue weighted by atomic mass is 9.73. The van der Waals surface area contributed by atoms with E-state index in [0.717, 1.165) is 39.0 Å². The summed E-state index contributed by atoms with van der Waals surface area (Å²) in [6.45, 7) is 5.87. The van der Waals surface area contributed by atoms with E-state index in [-0.39, 0.29) is 11.5 Å². The molecule has 1 amide bonds. The summed E-state index contributed by atoms with van der Waals surface area (Å²) in [6.07, 6.45) is 10.4. The highest BCUT2D eigenvalue weighted by Gasteiger charge is 2.53. The molecule has 2 saturated heterocycles. The summed E-state index contributed by atoms with van der Waals surface area (Å²) in [5, 5.41) is 4.27. The van der Waals surface area contributed by atoms with Gasteiger partial charge < -0.3 is 4.90 Å². The molecule has 26 heavy (non-hydrogen) atoms. The number of hydrogen-bond acceptors (Lipinski definition) is 4. The Morgan fingerprint density at radius 3 is 2.58 bits per heavy atom. The number of hydrogen-bond donors (Lipinski definition) is 0. The van der Waals surface area contributed by atoms with Crippen LogP contribution in [0.5, 0.6) is 0 Å². The van der Waals surface area contributed by atoms with Crippen LogP contribution in [-0.4, -0.2) is 55.6 Å². The smallest absolute Gasteiger partial charge is 0.223 e. The lowest BCUT2D eigenvalue weighted by Crippen LogP contribution is -2.55. The van der Waals surface area contributed by atoms with Crippen molar-refractivity contribution in [1.82, 2.24) is 24.6 Å². The predicted octanol–water partition coefficient (Wildman–Crippen LogP) is 2.19. The highest BCUT2D eigenvalue weighted by atomic mass is 16.2. The lowest BCUT2D eigenvalue weighted by Gasteiger charge is -2.48. The van der Waals surface area contributed by atoms with Crippen LogP contribution in [0.15, 0.2) is 36.9 Å². The molecule has 1 unspecified atom stereocenters. The lowest BCUT2D eigenvalue weighted by molar-refractivity contribution is -0.132. The van der Waals surface area contributed by atoms with Gasteiger partial charge in [-0.15, -0.1) is 0 Å². The molecule has 0 aromatic carbocycles. The number of carbonyl (C=O) groups excluding carboxylic acids is 1. The van der Waals surface area contributed by atoms with Crippen LogP contribution in [0.3, 0.4) is 0 Å². The molecule has 0 bridgehead atoms. The average molecular weight is 353 g/mol. The topological polar surface area (TPSA) is 54.3 Å². The zero-order valence-electron chi connectivity index (χ0n) is 15.6. The molecule has 2 aromatic rings. The summed E-state index contributed by atoms with van der Waals surface area (Å²) in [5.74, 6) is 0.577. The van der Waals surface area contributed by atoms with E-state index in [9.17, 15) is 4.79 Å². The van der Waals surface area contributed by atoms with Gasteiger partial charge in [0.15, 0.2) is 0 Å². The number of piperidine rings is 1. The number of rotatable bonds is 4. The zero-order chi connectivity index (χ0) is 18.1. The number of aryl methyl sites for hydroxylation is 1. The van der Waals surface area contributed by atoms with Crippen molar-refractivity contribution >= 4 is 5.91 Å². The van der Waals surface area contributed by atoms with Gasteiger partial charge >= 0.3 is 0 Å². The van der Waals surface area contributed by atoms with E-state index in [1.165, 1.54) is 11.1 Å². The molecule has 2 aliphatic heterocycles. The van der Waals surface area contributed by atoms with E-state index >= 15 is 0 Å². The number of nitrogens with zero attached hydrogens (tertiary/aromatic N) is 5. The fourth-order valence-corrected chi connectivity index (χ4v) is 4.95. The normalized spacial score (nSPS) is 23.1. The molecule has 2 fully saturated rings. The van der Waals surface area contributed by atoms with E-state index in [2.05, 4.69) is 45.1 Å². The first kappa shape index (κ1) is 17.2. The van der Waals surface area contributed by atoms with Gasteiger partial charge in [-0.3, -0.25) is 19.4 Å². The Kier molecular flexibility index (Phi) is 4.53. The summed E-state index contributed by atoms with van der Waals surface area (Å²) >= 11 is 0. The van der Waals surface area contributed by atoms with Crippen molar-refractivity contribution in [3.8, 4) is 0 Å². The molecule has 1 spiro atoms. The van der Waals surface area contributed by atoms with Gasteiger partial charge in [0.25, 0.3) is 0 Å². The van der Waals surface area contributed by atoms with Crippen LogP contribution in [-0.2, 0) is 18.4 Å². The first-order valence-electron chi connectivity index (χ1n) is 9.52.